The summed E-state index contributed by atoms with van der Waals surface area (Å²) in [6.45, 7) is 2.69. The van der Waals surface area contributed by atoms with E-state index in [1.165, 1.54) is 0 Å². The minimum absolute atomic E-state index is 0.108. The zero-order chi connectivity index (χ0) is 22.2. The van der Waals surface area contributed by atoms with Crippen LogP contribution in [0.15, 0.2) is 65.7 Å². The van der Waals surface area contributed by atoms with Gasteiger partial charge in [-0.1, -0.05) is 24.3 Å². The van der Waals surface area contributed by atoms with Crippen molar-refractivity contribution in [1.82, 2.24) is 14.9 Å². The van der Waals surface area contributed by atoms with Crippen LogP contribution >= 0.6 is 0 Å². The second-order valence-corrected chi connectivity index (χ2v) is 7.99. The lowest BCUT2D eigenvalue weighted by Crippen LogP contribution is -2.30. The predicted octanol–water partition coefficient (Wildman–Crippen LogP) is 3.38. The smallest absolute Gasteiger partial charge is 0.263 e. The normalized spacial score (nSPS) is 12.6. The number of aryl methyl sites for hydroxylation is 3. The van der Waals surface area contributed by atoms with Crippen LogP contribution in [0, 0.1) is 6.92 Å². The number of amides is 2. The summed E-state index contributed by atoms with van der Waals surface area (Å²) < 4.78 is 1.57. The molecule has 3 heterocycles. The lowest BCUT2D eigenvalue weighted by atomic mass is 10.1. The van der Waals surface area contributed by atoms with Gasteiger partial charge in [0.15, 0.2) is 0 Å². The van der Waals surface area contributed by atoms with Gasteiger partial charge in [0.05, 0.1) is 0 Å². The molecule has 3 N–H and O–H groups in total. The van der Waals surface area contributed by atoms with Gasteiger partial charge in [-0.05, 0) is 54.3 Å². The highest BCUT2D eigenvalue weighted by Gasteiger charge is 2.21. The zero-order valence-electron chi connectivity index (χ0n) is 17.6. The van der Waals surface area contributed by atoms with E-state index >= 15 is 0 Å². The lowest BCUT2D eigenvalue weighted by Gasteiger charge is -2.12. The third-order valence-electron chi connectivity index (χ3n) is 5.95. The number of fused-ring (bicyclic) bond motifs is 2. The molecular weight excluding hydrogens is 404 g/mol. The van der Waals surface area contributed by atoms with Crippen LogP contribution in [0.1, 0.15) is 37.4 Å². The maximum atomic E-state index is 13.1. The van der Waals surface area contributed by atoms with Gasteiger partial charge in [-0.15, -0.1) is 0 Å². The van der Waals surface area contributed by atoms with Crippen molar-refractivity contribution in [3.8, 4) is 0 Å². The molecule has 2 amide bonds. The van der Waals surface area contributed by atoms with Crippen molar-refractivity contribution in [1.29, 1.82) is 0 Å². The van der Waals surface area contributed by atoms with Crippen molar-refractivity contribution in [2.24, 2.45) is 0 Å². The van der Waals surface area contributed by atoms with Gasteiger partial charge in [0.2, 0.25) is 0 Å². The first-order valence-corrected chi connectivity index (χ1v) is 10.5. The van der Waals surface area contributed by atoms with Crippen molar-refractivity contribution >= 4 is 28.4 Å². The molecule has 0 bridgehead atoms. The fourth-order valence-corrected chi connectivity index (χ4v) is 4.18. The molecule has 2 aromatic heterocycles. The fourth-order valence-electron chi connectivity index (χ4n) is 4.18. The second kappa shape index (κ2) is 7.85. The SMILES string of the molecule is Cc1ccn(CCc2c[nH]c3ccccc23)c(=O)c1C(=O)Nc1ccc2c(c1)C(=O)NC2. The Morgan fingerprint density at radius 3 is 2.84 bits per heavy atom. The maximum absolute atomic E-state index is 13.1. The number of carbonyl (C=O) groups is 2. The number of nitrogens with one attached hydrogen (secondary N) is 3. The topological polar surface area (TPSA) is 96.0 Å². The van der Waals surface area contributed by atoms with Gasteiger partial charge in [-0.25, -0.2) is 0 Å². The van der Waals surface area contributed by atoms with Crippen LogP contribution in [-0.2, 0) is 19.5 Å². The van der Waals surface area contributed by atoms with Crippen molar-refractivity contribution < 1.29 is 9.59 Å². The van der Waals surface area contributed by atoms with Crippen molar-refractivity contribution in [2.75, 3.05) is 5.32 Å². The van der Waals surface area contributed by atoms with Crippen molar-refractivity contribution in [2.45, 2.75) is 26.4 Å². The predicted molar refractivity (Wildman–Crippen MR) is 123 cm³/mol. The zero-order valence-corrected chi connectivity index (χ0v) is 17.6. The van der Waals surface area contributed by atoms with Gasteiger partial charge in [0.25, 0.3) is 17.4 Å². The van der Waals surface area contributed by atoms with E-state index in [4.69, 9.17) is 0 Å². The number of H-pyrrole nitrogens is 1. The van der Waals surface area contributed by atoms with E-state index in [1.54, 1.807) is 42.0 Å². The number of aromatic amines is 1. The molecule has 1 aliphatic rings. The molecule has 0 saturated heterocycles. The summed E-state index contributed by atoms with van der Waals surface area (Å²) >= 11 is 0. The van der Waals surface area contributed by atoms with Gasteiger partial charge in [-0.3, -0.25) is 14.4 Å². The van der Waals surface area contributed by atoms with E-state index in [0.717, 1.165) is 22.0 Å². The first kappa shape index (κ1) is 19.8. The third-order valence-corrected chi connectivity index (χ3v) is 5.95. The monoisotopic (exact) mass is 426 g/mol. The molecule has 0 spiro atoms. The molecule has 7 nitrogen and oxygen atoms in total. The van der Waals surface area contributed by atoms with Crippen LogP contribution in [0.3, 0.4) is 0 Å². The highest BCUT2D eigenvalue weighted by Crippen LogP contribution is 2.21. The lowest BCUT2D eigenvalue weighted by molar-refractivity contribution is 0.0964. The molecule has 1 aliphatic heterocycles. The summed E-state index contributed by atoms with van der Waals surface area (Å²) in [5.74, 6) is -0.640. The van der Waals surface area contributed by atoms with Gasteiger partial charge in [0.1, 0.15) is 5.56 Å². The molecule has 0 saturated carbocycles. The molecule has 0 radical (unpaired) electrons. The molecule has 4 aromatic rings. The van der Waals surface area contributed by atoms with Crippen LogP contribution in [0.4, 0.5) is 5.69 Å². The number of aromatic nitrogens is 2. The van der Waals surface area contributed by atoms with E-state index in [1.807, 2.05) is 24.4 Å². The van der Waals surface area contributed by atoms with Crippen LogP contribution in [0.25, 0.3) is 10.9 Å². The van der Waals surface area contributed by atoms with E-state index in [-0.39, 0.29) is 17.0 Å². The number of hydrogen-bond donors (Lipinski definition) is 3. The number of rotatable bonds is 5. The Hall–Kier alpha value is -4.13. The Bertz CT molecular complexity index is 1430. The molecule has 0 aliphatic carbocycles. The Morgan fingerprint density at radius 2 is 1.97 bits per heavy atom. The Kier molecular flexibility index (Phi) is 4.86. The summed E-state index contributed by atoms with van der Waals surface area (Å²) in [5, 5.41) is 6.66. The van der Waals surface area contributed by atoms with Crippen LogP contribution in [0.2, 0.25) is 0 Å². The number of carbonyl (C=O) groups excluding carboxylic acids is 2. The standard InChI is InChI=1S/C25H22N4O3/c1-15-8-10-29(11-9-17-13-26-21-5-3-2-4-19(17)21)25(32)22(15)24(31)28-18-7-6-16-14-27-23(30)20(16)12-18/h2-8,10,12-13,26H,9,11,14H2,1H3,(H,27,30)(H,28,31). The van der Waals surface area contributed by atoms with Crippen molar-refractivity contribution in [3.63, 3.8) is 0 Å². The maximum Gasteiger partial charge on any atom is 0.263 e. The Labute approximate surface area is 184 Å². The quantitative estimate of drug-likeness (QED) is 0.457. The number of anilines is 1. The first-order chi connectivity index (χ1) is 15.5. The van der Waals surface area contributed by atoms with E-state index < -0.39 is 5.91 Å². The Balaban J connectivity index is 1.38. The summed E-state index contributed by atoms with van der Waals surface area (Å²) in [6, 6.07) is 15.0. The minimum atomic E-state index is -0.479. The summed E-state index contributed by atoms with van der Waals surface area (Å²) in [4.78, 5) is 41.2. The number of para-hydroxylation sites is 1. The van der Waals surface area contributed by atoms with E-state index in [0.29, 0.717) is 36.3 Å². The molecule has 0 fully saturated rings. The number of pyridine rings is 1. The highest BCUT2D eigenvalue weighted by molar-refractivity contribution is 6.06. The molecule has 7 heteroatoms. The second-order valence-electron chi connectivity index (χ2n) is 7.99. The molecule has 0 unspecified atom stereocenters. The fraction of sp³-hybridized carbons (Fsp3) is 0.160. The minimum Gasteiger partial charge on any atom is -0.361 e. The highest BCUT2D eigenvalue weighted by atomic mass is 16.2. The average Bonchev–Trinajstić information content (AvgIpc) is 3.37. The largest absolute Gasteiger partial charge is 0.361 e. The summed E-state index contributed by atoms with van der Waals surface area (Å²) in [5.41, 5.74) is 4.48. The van der Waals surface area contributed by atoms with Crippen LogP contribution in [-0.4, -0.2) is 21.4 Å². The average molecular weight is 426 g/mol. The van der Waals surface area contributed by atoms with E-state index in [9.17, 15) is 14.4 Å². The van der Waals surface area contributed by atoms with Gasteiger partial charge >= 0.3 is 0 Å². The molecule has 2 aromatic carbocycles. The Morgan fingerprint density at radius 1 is 1.12 bits per heavy atom. The van der Waals surface area contributed by atoms with Gasteiger partial charge in [-0.2, -0.15) is 0 Å². The number of benzene rings is 2. The van der Waals surface area contributed by atoms with Crippen LogP contribution in [0.5, 0.6) is 0 Å². The number of hydrogen-bond acceptors (Lipinski definition) is 3. The first-order valence-electron chi connectivity index (χ1n) is 10.5. The molecule has 160 valence electrons. The van der Waals surface area contributed by atoms with Crippen molar-refractivity contribution in [3.05, 3.63) is 99.1 Å². The van der Waals surface area contributed by atoms with Crippen LogP contribution < -0.4 is 16.2 Å². The summed E-state index contributed by atoms with van der Waals surface area (Å²) in [6.07, 6.45) is 4.35. The van der Waals surface area contributed by atoms with Gasteiger partial charge < -0.3 is 20.2 Å². The number of nitrogens with zero attached hydrogens (tertiary/aromatic N) is 1. The van der Waals surface area contributed by atoms with Gasteiger partial charge in [0, 0.05) is 47.6 Å². The van der Waals surface area contributed by atoms with E-state index in [2.05, 4.69) is 21.7 Å². The summed E-state index contributed by atoms with van der Waals surface area (Å²) in [7, 11) is 0. The third kappa shape index (κ3) is 3.47. The molecule has 0 atom stereocenters. The molecular formula is C25H22N4O3. The molecule has 5 rings (SSSR count). The molecule has 32 heavy (non-hydrogen) atoms.